The molecule has 3 aromatic heterocycles. The second kappa shape index (κ2) is 6.20. The smallest absolute Gasteiger partial charge is 0.219 e. The van der Waals surface area contributed by atoms with Gasteiger partial charge in [0.05, 0.1) is 11.9 Å². The van der Waals surface area contributed by atoms with Crippen molar-refractivity contribution in [2.24, 2.45) is 0 Å². The summed E-state index contributed by atoms with van der Waals surface area (Å²) in [5, 5.41) is 4.39. The molecule has 0 saturated carbocycles. The second-order valence-corrected chi connectivity index (χ2v) is 5.77. The minimum atomic E-state index is 0.274. The number of fused-ring (bicyclic) bond motifs is 1. The van der Waals surface area contributed by atoms with E-state index in [1.165, 1.54) is 0 Å². The van der Waals surface area contributed by atoms with E-state index in [4.69, 9.17) is 10.7 Å². The van der Waals surface area contributed by atoms with E-state index >= 15 is 0 Å². The highest BCUT2D eigenvalue weighted by atomic mass is 15.3. The van der Waals surface area contributed by atoms with Crippen LogP contribution >= 0.6 is 0 Å². The number of nitrogen functional groups attached to an aromatic ring is 1. The Hall–Kier alpha value is -3.48. The maximum absolute atomic E-state index is 5.56. The second-order valence-electron chi connectivity index (χ2n) is 5.77. The van der Waals surface area contributed by atoms with E-state index in [0.29, 0.717) is 6.54 Å². The van der Waals surface area contributed by atoms with Crippen molar-refractivity contribution in [2.45, 2.75) is 6.54 Å². The summed E-state index contributed by atoms with van der Waals surface area (Å²) in [6, 6.07) is 14.0. The van der Waals surface area contributed by atoms with Gasteiger partial charge in [-0.3, -0.25) is 0 Å². The third-order valence-electron chi connectivity index (χ3n) is 3.95. The first-order valence-electron chi connectivity index (χ1n) is 7.88. The molecule has 4 aromatic rings. The molecule has 0 unspecified atom stereocenters. The largest absolute Gasteiger partial charge is 0.368 e. The molecule has 0 bridgehead atoms. The molecule has 0 atom stereocenters. The summed E-state index contributed by atoms with van der Waals surface area (Å²) in [4.78, 5) is 14.9. The minimum absolute atomic E-state index is 0.274. The third kappa shape index (κ3) is 2.99. The average Bonchev–Trinajstić information content (AvgIpc) is 3.12. The van der Waals surface area contributed by atoms with Gasteiger partial charge in [-0.25, -0.2) is 15.0 Å². The summed E-state index contributed by atoms with van der Waals surface area (Å²) in [6.07, 6.45) is 5.22. The lowest BCUT2D eigenvalue weighted by molar-refractivity contribution is 0.827. The molecule has 0 aliphatic heterocycles. The normalized spacial score (nSPS) is 10.9. The van der Waals surface area contributed by atoms with Gasteiger partial charge in [0.2, 0.25) is 5.95 Å². The van der Waals surface area contributed by atoms with E-state index in [0.717, 1.165) is 28.3 Å². The number of nitrogens with two attached hydrogens (primary N) is 1. The zero-order chi connectivity index (χ0) is 17.2. The van der Waals surface area contributed by atoms with Crippen LogP contribution < -0.4 is 10.6 Å². The molecule has 0 aliphatic rings. The zero-order valence-electron chi connectivity index (χ0n) is 13.7. The Balaban J connectivity index is 1.74. The molecule has 0 amide bonds. The standard InChI is InChI=1S/C18H17N7/c1-24(12-13-10-20-18(19)21-11-13)17-9-15(14-5-3-2-4-6-14)23-16-7-8-22-25(16)17/h2-11H,12H2,1H3,(H2,19,20,21). The van der Waals surface area contributed by atoms with E-state index in [-0.39, 0.29) is 5.95 Å². The molecule has 0 spiro atoms. The molecule has 0 fully saturated rings. The number of aromatic nitrogens is 5. The first kappa shape index (κ1) is 15.1. The lowest BCUT2D eigenvalue weighted by atomic mass is 10.1. The molecule has 124 valence electrons. The lowest BCUT2D eigenvalue weighted by Gasteiger charge is -2.20. The predicted octanol–water partition coefficient (Wildman–Crippen LogP) is 2.40. The van der Waals surface area contributed by atoms with Crippen molar-refractivity contribution in [1.29, 1.82) is 0 Å². The maximum Gasteiger partial charge on any atom is 0.219 e. The summed E-state index contributed by atoms with van der Waals surface area (Å²) in [6.45, 7) is 0.632. The van der Waals surface area contributed by atoms with Gasteiger partial charge in [0, 0.05) is 49.2 Å². The fourth-order valence-corrected chi connectivity index (χ4v) is 2.73. The van der Waals surface area contributed by atoms with Gasteiger partial charge >= 0.3 is 0 Å². The van der Waals surface area contributed by atoms with Crippen LogP contribution in [0, 0.1) is 0 Å². The topological polar surface area (TPSA) is 85.2 Å². The molecular formula is C18H17N7. The number of hydrogen-bond acceptors (Lipinski definition) is 6. The quantitative estimate of drug-likeness (QED) is 0.618. The first-order valence-corrected chi connectivity index (χ1v) is 7.88. The molecule has 7 nitrogen and oxygen atoms in total. The van der Waals surface area contributed by atoms with E-state index in [2.05, 4.69) is 20.0 Å². The van der Waals surface area contributed by atoms with Gasteiger partial charge in [-0.1, -0.05) is 30.3 Å². The molecular weight excluding hydrogens is 314 g/mol. The molecule has 25 heavy (non-hydrogen) atoms. The molecule has 0 saturated heterocycles. The monoisotopic (exact) mass is 331 g/mol. The molecule has 1 aromatic carbocycles. The number of nitrogens with zero attached hydrogens (tertiary/aromatic N) is 6. The van der Waals surface area contributed by atoms with Crippen molar-refractivity contribution in [3.8, 4) is 11.3 Å². The van der Waals surface area contributed by atoms with Crippen LogP contribution in [-0.4, -0.2) is 31.6 Å². The summed E-state index contributed by atoms with van der Waals surface area (Å²) in [7, 11) is 2.00. The van der Waals surface area contributed by atoms with Crippen LogP contribution in [0.3, 0.4) is 0 Å². The van der Waals surface area contributed by atoms with Crippen molar-refractivity contribution >= 4 is 17.4 Å². The molecule has 0 radical (unpaired) electrons. The number of hydrogen-bond donors (Lipinski definition) is 1. The maximum atomic E-state index is 5.56. The van der Waals surface area contributed by atoms with Crippen LogP contribution in [0.25, 0.3) is 16.9 Å². The Morgan fingerprint density at radius 2 is 1.84 bits per heavy atom. The fourth-order valence-electron chi connectivity index (χ4n) is 2.73. The van der Waals surface area contributed by atoms with Crippen molar-refractivity contribution in [1.82, 2.24) is 24.6 Å². The highest BCUT2D eigenvalue weighted by molar-refractivity contribution is 5.66. The van der Waals surface area contributed by atoms with Crippen molar-refractivity contribution in [3.63, 3.8) is 0 Å². The summed E-state index contributed by atoms with van der Waals surface area (Å²) < 4.78 is 1.82. The summed E-state index contributed by atoms with van der Waals surface area (Å²) in [5.41, 5.74) is 9.30. The number of benzene rings is 1. The Labute approximate surface area is 144 Å². The Bertz CT molecular complexity index is 993. The summed E-state index contributed by atoms with van der Waals surface area (Å²) in [5.74, 6) is 1.21. The zero-order valence-corrected chi connectivity index (χ0v) is 13.7. The van der Waals surface area contributed by atoms with Crippen LogP contribution in [0.2, 0.25) is 0 Å². The Morgan fingerprint density at radius 1 is 1.08 bits per heavy atom. The van der Waals surface area contributed by atoms with Crippen molar-refractivity contribution in [3.05, 3.63) is 66.6 Å². The van der Waals surface area contributed by atoms with E-state index in [1.807, 2.05) is 54.0 Å². The van der Waals surface area contributed by atoms with Gasteiger partial charge in [0.1, 0.15) is 5.82 Å². The predicted molar refractivity (Wildman–Crippen MR) is 97.0 cm³/mol. The third-order valence-corrected chi connectivity index (χ3v) is 3.95. The average molecular weight is 331 g/mol. The first-order chi connectivity index (χ1) is 12.2. The highest BCUT2D eigenvalue weighted by Gasteiger charge is 2.12. The molecule has 4 rings (SSSR count). The van der Waals surface area contributed by atoms with E-state index < -0.39 is 0 Å². The minimum Gasteiger partial charge on any atom is -0.368 e. The molecule has 2 N–H and O–H groups in total. The van der Waals surface area contributed by atoms with Gasteiger partial charge < -0.3 is 10.6 Å². The van der Waals surface area contributed by atoms with Crippen molar-refractivity contribution in [2.75, 3.05) is 17.7 Å². The lowest BCUT2D eigenvalue weighted by Crippen LogP contribution is -2.20. The number of anilines is 2. The Morgan fingerprint density at radius 3 is 2.60 bits per heavy atom. The van der Waals surface area contributed by atoms with Gasteiger partial charge in [-0.05, 0) is 0 Å². The van der Waals surface area contributed by atoms with Crippen LogP contribution in [0.1, 0.15) is 5.56 Å². The van der Waals surface area contributed by atoms with Gasteiger partial charge in [-0.2, -0.15) is 9.61 Å². The summed E-state index contributed by atoms with van der Waals surface area (Å²) >= 11 is 0. The van der Waals surface area contributed by atoms with Crippen LogP contribution in [0.4, 0.5) is 11.8 Å². The molecule has 7 heteroatoms. The van der Waals surface area contributed by atoms with Crippen LogP contribution in [0.15, 0.2) is 61.1 Å². The molecule has 0 aliphatic carbocycles. The van der Waals surface area contributed by atoms with E-state index in [1.54, 1.807) is 18.6 Å². The molecule has 3 heterocycles. The van der Waals surface area contributed by atoms with Crippen LogP contribution in [-0.2, 0) is 6.54 Å². The number of rotatable bonds is 4. The van der Waals surface area contributed by atoms with Crippen LogP contribution in [0.5, 0.6) is 0 Å². The highest BCUT2D eigenvalue weighted by Crippen LogP contribution is 2.24. The van der Waals surface area contributed by atoms with Gasteiger partial charge in [-0.15, -0.1) is 0 Å². The van der Waals surface area contributed by atoms with E-state index in [9.17, 15) is 0 Å². The fraction of sp³-hybridized carbons (Fsp3) is 0.111. The SMILES string of the molecule is CN(Cc1cnc(N)nc1)c1cc(-c2ccccc2)nc2ccnn12. The van der Waals surface area contributed by atoms with Gasteiger partial charge in [0.15, 0.2) is 5.65 Å². The van der Waals surface area contributed by atoms with Gasteiger partial charge in [0.25, 0.3) is 0 Å². The van der Waals surface area contributed by atoms with Crippen molar-refractivity contribution < 1.29 is 0 Å². The Kier molecular flexibility index (Phi) is 3.74.